The Labute approximate surface area is 102 Å². The minimum absolute atomic E-state index is 0.116. The lowest BCUT2D eigenvalue weighted by Crippen LogP contribution is -2.37. The summed E-state index contributed by atoms with van der Waals surface area (Å²) >= 11 is 0. The van der Waals surface area contributed by atoms with E-state index in [9.17, 15) is 4.39 Å². The molecule has 0 spiro atoms. The number of aryl methyl sites for hydroxylation is 1. The van der Waals surface area contributed by atoms with Gasteiger partial charge in [-0.1, -0.05) is 12.1 Å². The van der Waals surface area contributed by atoms with Gasteiger partial charge in [-0.25, -0.2) is 4.39 Å². The van der Waals surface area contributed by atoms with Gasteiger partial charge in [0.05, 0.1) is 0 Å². The van der Waals surface area contributed by atoms with Crippen LogP contribution in [0.5, 0.6) is 0 Å². The highest BCUT2D eigenvalue weighted by molar-refractivity contribution is 5.23. The fraction of sp³-hybridized carbons (Fsp3) is 0.571. The molecule has 1 fully saturated rings. The number of hydrogen-bond donors (Lipinski definition) is 2. The van der Waals surface area contributed by atoms with Crippen LogP contribution in [0.1, 0.15) is 36.8 Å². The third-order valence-electron chi connectivity index (χ3n) is 3.60. The lowest BCUT2D eigenvalue weighted by Gasteiger charge is -2.27. The summed E-state index contributed by atoms with van der Waals surface area (Å²) < 4.78 is 13.4. The minimum atomic E-state index is -0.116. The van der Waals surface area contributed by atoms with Gasteiger partial charge in [0.25, 0.3) is 0 Å². The van der Waals surface area contributed by atoms with Crippen LogP contribution in [0.3, 0.4) is 0 Å². The Balaban J connectivity index is 1.83. The minimum Gasteiger partial charge on any atom is -0.328 e. The standard InChI is InChI=1S/C14H21FN2/c1-10-2-3-11(8-14(10)15)9-17-13-6-4-12(16)5-7-13/h2-3,8,12-13,17H,4-7,9,16H2,1H3. The maximum absolute atomic E-state index is 13.4. The zero-order valence-electron chi connectivity index (χ0n) is 10.4. The second-order valence-electron chi connectivity index (χ2n) is 5.08. The van der Waals surface area contributed by atoms with Crippen LogP contribution in [-0.4, -0.2) is 12.1 Å². The first-order chi connectivity index (χ1) is 8.15. The van der Waals surface area contributed by atoms with Crippen molar-refractivity contribution in [2.24, 2.45) is 5.73 Å². The Hall–Kier alpha value is -0.930. The Kier molecular flexibility index (Phi) is 4.13. The number of rotatable bonds is 3. The van der Waals surface area contributed by atoms with E-state index < -0.39 is 0 Å². The van der Waals surface area contributed by atoms with E-state index >= 15 is 0 Å². The predicted molar refractivity (Wildman–Crippen MR) is 68.2 cm³/mol. The molecule has 1 aliphatic rings. The van der Waals surface area contributed by atoms with Crippen molar-refractivity contribution >= 4 is 0 Å². The van der Waals surface area contributed by atoms with Crippen molar-refractivity contribution in [2.45, 2.75) is 51.2 Å². The first-order valence-corrected chi connectivity index (χ1v) is 6.39. The van der Waals surface area contributed by atoms with E-state index in [0.29, 0.717) is 17.6 Å². The molecule has 0 bridgehead atoms. The summed E-state index contributed by atoms with van der Waals surface area (Å²) in [7, 11) is 0. The third kappa shape index (κ3) is 3.51. The summed E-state index contributed by atoms with van der Waals surface area (Å²) in [5, 5.41) is 3.48. The molecule has 0 heterocycles. The summed E-state index contributed by atoms with van der Waals surface area (Å²) in [4.78, 5) is 0. The number of benzene rings is 1. The van der Waals surface area contributed by atoms with E-state index in [1.807, 2.05) is 12.1 Å². The number of nitrogens with two attached hydrogens (primary N) is 1. The van der Waals surface area contributed by atoms with Gasteiger partial charge in [0.1, 0.15) is 5.82 Å². The summed E-state index contributed by atoms with van der Waals surface area (Å²) in [5.74, 6) is -0.116. The summed E-state index contributed by atoms with van der Waals surface area (Å²) in [6.07, 6.45) is 4.46. The van der Waals surface area contributed by atoms with Gasteiger partial charge < -0.3 is 11.1 Å². The van der Waals surface area contributed by atoms with Gasteiger partial charge in [-0.2, -0.15) is 0 Å². The molecule has 1 aliphatic carbocycles. The van der Waals surface area contributed by atoms with Crippen LogP contribution in [0.25, 0.3) is 0 Å². The molecular weight excluding hydrogens is 215 g/mol. The first-order valence-electron chi connectivity index (χ1n) is 6.39. The molecule has 17 heavy (non-hydrogen) atoms. The Morgan fingerprint density at radius 1 is 1.29 bits per heavy atom. The highest BCUT2D eigenvalue weighted by Crippen LogP contribution is 2.17. The molecule has 0 amide bonds. The highest BCUT2D eigenvalue weighted by Gasteiger charge is 2.17. The summed E-state index contributed by atoms with van der Waals surface area (Å²) in [5.41, 5.74) is 7.59. The van der Waals surface area contributed by atoms with Crippen LogP contribution < -0.4 is 11.1 Å². The summed E-state index contributed by atoms with van der Waals surface area (Å²) in [6.45, 7) is 2.53. The van der Waals surface area contributed by atoms with Crippen LogP contribution in [0, 0.1) is 12.7 Å². The van der Waals surface area contributed by atoms with Crippen molar-refractivity contribution in [3.05, 3.63) is 35.1 Å². The van der Waals surface area contributed by atoms with E-state index in [1.165, 1.54) is 0 Å². The molecule has 0 radical (unpaired) electrons. The van der Waals surface area contributed by atoms with Crippen molar-refractivity contribution in [3.8, 4) is 0 Å². The average molecular weight is 236 g/mol. The molecule has 2 rings (SSSR count). The molecule has 2 nitrogen and oxygen atoms in total. The molecule has 0 unspecified atom stereocenters. The second-order valence-corrected chi connectivity index (χ2v) is 5.08. The van der Waals surface area contributed by atoms with Crippen LogP contribution in [0.4, 0.5) is 4.39 Å². The fourth-order valence-corrected chi connectivity index (χ4v) is 2.33. The van der Waals surface area contributed by atoms with Crippen LogP contribution >= 0.6 is 0 Å². The number of hydrogen-bond acceptors (Lipinski definition) is 2. The molecular formula is C14H21FN2. The zero-order valence-corrected chi connectivity index (χ0v) is 10.4. The van der Waals surface area contributed by atoms with Crippen LogP contribution in [0.2, 0.25) is 0 Å². The van der Waals surface area contributed by atoms with Crippen LogP contribution in [0.15, 0.2) is 18.2 Å². The number of halogens is 1. The molecule has 0 saturated heterocycles. The molecule has 1 saturated carbocycles. The summed E-state index contributed by atoms with van der Waals surface area (Å²) in [6, 6.07) is 6.36. The van der Waals surface area contributed by atoms with Crippen molar-refractivity contribution < 1.29 is 4.39 Å². The van der Waals surface area contributed by atoms with E-state index in [2.05, 4.69) is 5.32 Å². The van der Waals surface area contributed by atoms with Gasteiger partial charge in [-0.15, -0.1) is 0 Å². The number of nitrogens with one attached hydrogen (secondary N) is 1. The lowest BCUT2D eigenvalue weighted by atomic mass is 9.92. The predicted octanol–water partition coefficient (Wildman–Crippen LogP) is 2.49. The van der Waals surface area contributed by atoms with Gasteiger partial charge in [0.2, 0.25) is 0 Å². The van der Waals surface area contributed by atoms with E-state index in [4.69, 9.17) is 5.73 Å². The lowest BCUT2D eigenvalue weighted by molar-refractivity contribution is 0.341. The van der Waals surface area contributed by atoms with Crippen molar-refractivity contribution in [1.82, 2.24) is 5.32 Å². The van der Waals surface area contributed by atoms with Crippen molar-refractivity contribution in [3.63, 3.8) is 0 Å². The van der Waals surface area contributed by atoms with E-state index in [0.717, 1.165) is 37.8 Å². The Morgan fingerprint density at radius 2 is 2.00 bits per heavy atom. The molecule has 3 heteroatoms. The van der Waals surface area contributed by atoms with Crippen molar-refractivity contribution in [1.29, 1.82) is 0 Å². The van der Waals surface area contributed by atoms with E-state index in [-0.39, 0.29) is 5.82 Å². The largest absolute Gasteiger partial charge is 0.328 e. The smallest absolute Gasteiger partial charge is 0.126 e. The first kappa shape index (κ1) is 12.5. The zero-order chi connectivity index (χ0) is 12.3. The molecule has 0 aromatic heterocycles. The van der Waals surface area contributed by atoms with Gasteiger partial charge in [-0.05, 0) is 49.8 Å². The maximum atomic E-state index is 13.4. The van der Waals surface area contributed by atoms with Gasteiger partial charge in [-0.3, -0.25) is 0 Å². The van der Waals surface area contributed by atoms with Gasteiger partial charge in [0, 0.05) is 18.6 Å². The molecule has 1 aromatic rings. The SMILES string of the molecule is Cc1ccc(CNC2CCC(N)CC2)cc1F. The maximum Gasteiger partial charge on any atom is 0.126 e. The molecule has 0 aliphatic heterocycles. The monoisotopic (exact) mass is 236 g/mol. The normalized spacial score (nSPS) is 24.9. The van der Waals surface area contributed by atoms with Gasteiger partial charge in [0.15, 0.2) is 0 Å². The molecule has 0 atom stereocenters. The Bertz CT molecular complexity index is 370. The van der Waals surface area contributed by atoms with Crippen molar-refractivity contribution in [2.75, 3.05) is 0 Å². The topological polar surface area (TPSA) is 38.0 Å². The van der Waals surface area contributed by atoms with E-state index in [1.54, 1.807) is 13.0 Å². The quantitative estimate of drug-likeness (QED) is 0.846. The fourth-order valence-electron chi connectivity index (χ4n) is 2.33. The Morgan fingerprint density at radius 3 is 2.65 bits per heavy atom. The molecule has 3 N–H and O–H groups in total. The van der Waals surface area contributed by atoms with Gasteiger partial charge >= 0.3 is 0 Å². The second kappa shape index (κ2) is 5.61. The highest BCUT2D eigenvalue weighted by atomic mass is 19.1. The third-order valence-corrected chi connectivity index (χ3v) is 3.60. The molecule has 1 aromatic carbocycles. The molecule has 94 valence electrons. The van der Waals surface area contributed by atoms with Crippen LogP contribution in [-0.2, 0) is 6.54 Å². The average Bonchev–Trinajstić information content (AvgIpc) is 2.33.